The van der Waals surface area contributed by atoms with Gasteiger partial charge in [0.15, 0.2) is 5.82 Å². The Morgan fingerprint density at radius 1 is 1.00 bits per heavy atom. The van der Waals surface area contributed by atoms with Gasteiger partial charge in [-0.15, -0.1) is 11.3 Å². The fraction of sp³-hybridized carbons (Fsp3) is 0.167. The van der Waals surface area contributed by atoms with Crippen molar-refractivity contribution in [3.05, 3.63) is 58.9 Å². The topological polar surface area (TPSA) is 43.6 Å². The zero-order valence-corrected chi connectivity index (χ0v) is 14.1. The van der Waals surface area contributed by atoms with E-state index in [4.69, 9.17) is 0 Å². The van der Waals surface area contributed by atoms with Crippen LogP contribution in [0.2, 0.25) is 0 Å². The quantitative estimate of drug-likeness (QED) is 0.547. The van der Waals surface area contributed by atoms with Crippen LogP contribution >= 0.6 is 11.3 Å². The van der Waals surface area contributed by atoms with Gasteiger partial charge in [-0.25, -0.2) is 14.6 Å². The first-order chi connectivity index (χ1) is 11.1. The molecule has 5 heteroatoms. The Hall–Kier alpha value is -2.53. The third-order valence-corrected chi connectivity index (χ3v) is 4.87. The number of aryl methyl sites for hydroxylation is 3. The highest BCUT2D eigenvalue weighted by molar-refractivity contribution is 7.17. The molecule has 0 saturated heterocycles. The summed E-state index contributed by atoms with van der Waals surface area (Å²) >= 11 is 1.63. The van der Waals surface area contributed by atoms with Crippen LogP contribution in [-0.2, 0) is 0 Å². The summed E-state index contributed by atoms with van der Waals surface area (Å²) in [6.45, 7) is 6.35. The standard InChI is InChI=1S/C18H16N4S/c1-11-7-12(2)16(13(3)8-11)22-18(19-9-21-22)14-5-4-6-15-17(14)23-10-20-15/h4-10H,1-3H3. The molecule has 0 saturated carbocycles. The number of aromatic nitrogens is 4. The molecular formula is C18H16N4S. The van der Waals surface area contributed by atoms with Crippen LogP contribution in [0.25, 0.3) is 27.3 Å². The number of hydrogen-bond donors (Lipinski definition) is 0. The number of thiazole rings is 1. The first-order valence-corrected chi connectivity index (χ1v) is 8.34. The summed E-state index contributed by atoms with van der Waals surface area (Å²) in [4.78, 5) is 8.93. The molecule has 0 unspecified atom stereocenters. The van der Waals surface area contributed by atoms with Crippen molar-refractivity contribution in [2.45, 2.75) is 20.8 Å². The van der Waals surface area contributed by atoms with E-state index in [1.165, 1.54) is 16.7 Å². The molecular weight excluding hydrogens is 304 g/mol. The molecule has 0 N–H and O–H groups in total. The Kier molecular flexibility index (Phi) is 3.23. The average Bonchev–Trinajstić information content (AvgIpc) is 3.14. The van der Waals surface area contributed by atoms with Crippen molar-refractivity contribution in [1.82, 2.24) is 19.7 Å². The molecule has 4 rings (SSSR count). The lowest BCUT2D eigenvalue weighted by atomic mass is 10.0. The van der Waals surface area contributed by atoms with E-state index < -0.39 is 0 Å². The average molecular weight is 320 g/mol. The lowest BCUT2D eigenvalue weighted by Crippen LogP contribution is -2.05. The van der Waals surface area contributed by atoms with Gasteiger partial charge in [0, 0.05) is 5.56 Å². The van der Waals surface area contributed by atoms with Crippen molar-refractivity contribution in [3.8, 4) is 17.1 Å². The normalized spacial score (nSPS) is 11.3. The molecule has 0 aliphatic heterocycles. The van der Waals surface area contributed by atoms with Crippen molar-refractivity contribution < 1.29 is 0 Å². The zero-order valence-electron chi connectivity index (χ0n) is 13.2. The van der Waals surface area contributed by atoms with E-state index in [9.17, 15) is 0 Å². The van der Waals surface area contributed by atoms with Crippen LogP contribution < -0.4 is 0 Å². The second kappa shape index (κ2) is 5.28. The highest BCUT2D eigenvalue weighted by Crippen LogP contribution is 2.32. The lowest BCUT2D eigenvalue weighted by molar-refractivity contribution is 0.871. The van der Waals surface area contributed by atoms with Crippen LogP contribution in [0.1, 0.15) is 16.7 Å². The van der Waals surface area contributed by atoms with Gasteiger partial charge < -0.3 is 0 Å². The molecule has 4 aromatic rings. The van der Waals surface area contributed by atoms with Gasteiger partial charge in [-0.3, -0.25) is 0 Å². The third-order valence-electron chi connectivity index (χ3n) is 3.99. The van der Waals surface area contributed by atoms with Gasteiger partial charge in [0.2, 0.25) is 0 Å². The minimum Gasteiger partial charge on any atom is -0.245 e. The van der Waals surface area contributed by atoms with Crippen molar-refractivity contribution in [2.75, 3.05) is 0 Å². The second-order valence-electron chi connectivity index (χ2n) is 5.75. The fourth-order valence-corrected chi connectivity index (χ4v) is 3.96. The number of benzene rings is 2. The van der Waals surface area contributed by atoms with E-state index in [0.717, 1.165) is 27.3 Å². The van der Waals surface area contributed by atoms with E-state index in [1.54, 1.807) is 17.7 Å². The van der Waals surface area contributed by atoms with E-state index in [2.05, 4.69) is 54.0 Å². The summed E-state index contributed by atoms with van der Waals surface area (Å²) in [5.74, 6) is 0.856. The molecule has 0 aliphatic carbocycles. The second-order valence-corrected chi connectivity index (χ2v) is 6.60. The Morgan fingerprint density at radius 3 is 2.57 bits per heavy atom. The molecule has 0 atom stereocenters. The van der Waals surface area contributed by atoms with Gasteiger partial charge in [0.1, 0.15) is 6.33 Å². The monoisotopic (exact) mass is 320 g/mol. The summed E-state index contributed by atoms with van der Waals surface area (Å²) in [6.07, 6.45) is 1.62. The smallest absolute Gasteiger partial charge is 0.164 e. The minimum absolute atomic E-state index is 0.856. The fourth-order valence-electron chi connectivity index (χ4n) is 3.16. The molecule has 2 aromatic heterocycles. The minimum atomic E-state index is 0.856. The summed E-state index contributed by atoms with van der Waals surface area (Å²) in [7, 11) is 0. The predicted octanol–water partition coefficient (Wildman–Crippen LogP) is 4.47. The maximum atomic E-state index is 4.53. The molecule has 0 spiro atoms. The van der Waals surface area contributed by atoms with Gasteiger partial charge in [-0.1, -0.05) is 23.8 Å². The zero-order chi connectivity index (χ0) is 16.0. The SMILES string of the molecule is Cc1cc(C)c(-n2ncnc2-c2cccc3ncsc23)c(C)c1. The van der Waals surface area contributed by atoms with E-state index >= 15 is 0 Å². The van der Waals surface area contributed by atoms with E-state index in [1.807, 2.05) is 22.3 Å². The number of rotatable bonds is 2. The lowest BCUT2D eigenvalue weighted by Gasteiger charge is -2.13. The highest BCUT2D eigenvalue weighted by Gasteiger charge is 2.16. The molecule has 2 aromatic carbocycles. The molecule has 0 aliphatic rings. The Balaban J connectivity index is 1.99. The summed E-state index contributed by atoms with van der Waals surface area (Å²) < 4.78 is 3.09. The first-order valence-electron chi connectivity index (χ1n) is 7.46. The van der Waals surface area contributed by atoms with Crippen molar-refractivity contribution in [3.63, 3.8) is 0 Å². The predicted molar refractivity (Wildman–Crippen MR) is 94.2 cm³/mol. The maximum absolute atomic E-state index is 4.53. The van der Waals surface area contributed by atoms with E-state index in [-0.39, 0.29) is 0 Å². The summed E-state index contributed by atoms with van der Waals surface area (Å²) in [6, 6.07) is 10.5. The molecule has 2 heterocycles. The molecule has 0 bridgehead atoms. The first kappa shape index (κ1) is 14.1. The number of nitrogens with zero attached hydrogens (tertiary/aromatic N) is 4. The molecule has 0 fully saturated rings. The Morgan fingerprint density at radius 2 is 1.78 bits per heavy atom. The summed E-state index contributed by atoms with van der Waals surface area (Å²) in [5, 5.41) is 4.50. The van der Waals surface area contributed by atoms with Gasteiger partial charge in [0.05, 0.1) is 21.4 Å². The van der Waals surface area contributed by atoms with Crippen LogP contribution in [0.15, 0.2) is 42.2 Å². The highest BCUT2D eigenvalue weighted by atomic mass is 32.1. The van der Waals surface area contributed by atoms with Gasteiger partial charge in [0.25, 0.3) is 0 Å². The molecule has 114 valence electrons. The molecule has 0 amide bonds. The Bertz CT molecular complexity index is 990. The van der Waals surface area contributed by atoms with Crippen LogP contribution in [-0.4, -0.2) is 19.7 Å². The van der Waals surface area contributed by atoms with Crippen molar-refractivity contribution in [1.29, 1.82) is 0 Å². The number of hydrogen-bond acceptors (Lipinski definition) is 4. The van der Waals surface area contributed by atoms with Crippen molar-refractivity contribution >= 4 is 21.6 Å². The third kappa shape index (κ3) is 2.24. The maximum Gasteiger partial charge on any atom is 0.164 e. The van der Waals surface area contributed by atoms with Crippen LogP contribution in [0, 0.1) is 20.8 Å². The largest absolute Gasteiger partial charge is 0.245 e. The Labute approximate surface area is 138 Å². The van der Waals surface area contributed by atoms with E-state index in [0.29, 0.717) is 0 Å². The molecule has 23 heavy (non-hydrogen) atoms. The molecule has 4 nitrogen and oxygen atoms in total. The summed E-state index contributed by atoms with van der Waals surface area (Å²) in [5.41, 5.74) is 8.70. The number of fused-ring (bicyclic) bond motifs is 1. The van der Waals surface area contributed by atoms with Crippen LogP contribution in [0.5, 0.6) is 0 Å². The van der Waals surface area contributed by atoms with Gasteiger partial charge >= 0.3 is 0 Å². The molecule has 0 radical (unpaired) electrons. The van der Waals surface area contributed by atoms with Crippen molar-refractivity contribution in [2.24, 2.45) is 0 Å². The van der Waals surface area contributed by atoms with Crippen LogP contribution in [0.4, 0.5) is 0 Å². The van der Waals surface area contributed by atoms with Crippen LogP contribution in [0.3, 0.4) is 0 Å². The van der Waals surface area contributed by atoms with Gasteiger partial charge in [-0.05, 0) is 44.0 Å². The van der Waals surface area contributed by atoms with Gasteiger partial charge in [-0.2, -0.15) is 5.10 Å².